The summed E-state index contributed by atoms with van der Waals surface area (Å²) in [5, 5.41) is 17.5. The lowest BCUT2D eigenvalue weighted by atomic mass is 10.0. The van der Waals surface area contributed by atoms with Crippen molar-refractivity contribution < 1.29 is 19.7 Å². The van der Waals surface area contributed by atoms with E-state index in [1.807, 2.05) is 30.3 Å². The van der Waals surface area contributed by atoms with Gasteiger partial charge in [-0.25, -0.2) is 4.79 Å². The van der Waals surface area contributed by atoms with Crippen LogP contribution >= 0.6 is 15.9 Å². The number of carbonyl (C=O) groups is 1. The average molecular weight is 337 g/mol. The molecule has 104 valence electrons. The molecule has 0 amide bonds. The first-order valence-corrected chi connectivity index (χ1v) is 6.87. The summed E-state index contributed by atoms with van der Waals surface area (Å²) in [7, 11) is 0. The number of ether oxygens (including phenoxy) is 1. The highest BCUT2D eigenvalue weighted by molar-refractivity contribution is 9.09. The van der Waals surface area contributed by atoms with Crippen LogP contribution < -0.4 is 4.74 Å². The van der Waals surface area contributed by atoms with Crippen molar-refractivity contribution in [1.82, 2.24) is 0 Å². The molecular weight excluding hydrogens is 324 g/mol. The van der Waals surface area contributed by atoms with Crippen LogP contribution in [0.15, 0.2) is 48.5 Å². The molecule has 0 bridgehead atoms. The summed E-state index contributed by atoms with van der Waals surface area (Å²) >= 11 is 3.11. The molecule has 1 unspecified atom stereocenters. The molecule has 0 aliphatic carbocycles. The van der Waals surface area contributed by atoms with E-state index in [-0.39, 0.29) is 17.9 Å². The summed E-state index contributed by atoms with van der Waals surface area (Å²) < 4.78 is 5.40. The van der Waals surface area contributed by atoms with Crippen molar-refractivity contribution >= 4 is 21.9 Å². The number of carboxylic acids is 1. The standard InChI is InChI=1S/C15H13BrO4/c16-14(9-17)20-13-8-11(6-7-12(13)15(18)19)10-4-2-1-3-5-10/h1-8,14,17H,9H2,(H,18,19). The molecule has 2 aromatic rings. The molecule has 4 nitrogen and oxygen atoms in total. The Hall–Kier alpha value is -1.85. The zero-order valence-corrected chi connectivity index (χ0v) is 12.1. The van der Waals surface area contributed by atoms with Crippen molar-refractivity contribution in [2.24, 2.45) is 0 Å². The van der Waals surface area contributed by atoms with Crippen LogP contribution in [0.2, 0.25) is 0 Å². The number of alkyl halides is 1. The summed E-state index contributed by atoms with van der Waals surface area (Å²) in [6.45, 7) is -0.255. The molecule has 2 N–H and O–H groups in total. The van der Waals surface area contributed by atoms with Gasteiger partial charge < -0.3 is 14.9 Å². The van der Waals surface area contributed by atoms with E-state index in [1.165, 1.54) is 6.07 Å². The third-order valence-corrected chi connectivity index (χ3v) is 3.19. The summed E-state index contributed by atoms with van der Waals surface area (Å²) in [4.78, 5) is 11.2. The van der Waals surface area contributed by atoms with Crippen molar-refractivity contribution in [1.29, 1.82) is 0 Å². The van der Waals surface area contributed by atoms with Crippen LogP contribution in [0.4, 0.5) is 0 Å². The van der Waals surface area contributed by atoms with E-state index >= 15 is 0 Å². The van der Waals surface area contributed by atoms with Crippen LogP contribution in [0.3, 0.4) is 0 Å². The molecule has 0 spiro atoms. The number of halogens is 1. The number of carboxylic acid groups (broad SMARTS) is 1. The maximum Gasteiger partial charge on any atom is 0.339 e. The third-order valence-electron chi connectivity index (χ3n) is 2.72. The van der Waals surface area contributed by atoms with Gasteiger partial charge in [0.2, 0.25) is 0 Å². The number of aromatic carboxylic acids is 1. The van der Waals surface area contributed by atoms with Gasteiger partial charge in [0.25, 0.3) is 0 Å². The van der Waals surface area contributed by atoms with E-state index in [1.54, 1.807) is 12.1 Å². The largest absolute Gasteiger partial charge is 0.478 e. The van der Waals surface area contributed by atoms with Gasteiger partial charge in [0, 0.05) is 0 Å². The first-order valence-electron chi connectivity index (χ1n) is 5.96. The number of rotatable bonds is 5. The van der Waals surface area contributed by atoms with Gasteiger partial charge in [-0.1, -0.05) is 36.4 Å². The lowest BCUT2D eigenvalue weighted by Gasteiger charge is -2.14. The molecule has 0 saturated carbocycles. The smallest absolute Gasteiger partial charge is 0.339 e. The quantitative estimate of drug-likeness (QED) is 0.823. The predicted octanol–water partition coefficient (Wildman–Crippen LogP) is 3.14. The van der Waals surface area contributed by atoms with E-state index in [2.05, 4.69) is 15.9 Å². The molecule has 1 atom stereocenters. The molecule has 0 heterocycles. The second-order valence-electron chi connectivity index (χ2n) is 4.09. The Morgan fingerprint density at radius 3 is 2.45 bits per heavy atom. The minimum atomic E-state index is -1.07. The SMILES string of the molecule is O=C(O)c1ccc(-c2ccccc2)cc1OC(Br)CO. The maximum atomic E-state index is 11.2. The molecule has 0 radical (unpaired) electrons. The number of aliphatic hydroxyl groups excluding tert-OH is 1. The zero-order chi connectivity index (χ0) is 14.5. The van der Waals surface area contributed by atoms with Crippen molar-refractivity contribution in [3.8, 4) is 16.9 Å². The van der Waals surface area contributed by atoms with E-state index in [9.17, 15) is 4.79 Å². The minimum Gasteiger partial charge on any atom is -0.478 e. The molecule has 2 rings (SSSR count). The average Bonchev–Trinajstić information content (AvgIpc) is 2.47. The Kier molecular flexibility index (Phi) is 4.76. The van der Waals surface area contributed by atoms with Gasteiger partial charge in [0.15, 0.2) is 5.01 Å². The van der Waals surface area contributed by atoms with Crippen molar-refractivity contribution in [3.05, 3.63) is 54.1 Å². The first-order chi connectivity index (χ1) is 9.61. The second kappa shape index (κ2) is 6.54. The molecule has 0 aliphatic rings. The third kappa shape index (κ3) is 3.37. The predicted molar refractivity (Wildman–Crippen MR) is 79.3 cm³/mol. The van der Waals surface area contributed by atoms with Crippen LogP contribution in [0.1, 0.15) is 10.4 Å². The number of hydrogen-bond donors (Lipinski definition) is 2. The highest BCUT2D eigenvalue weighted by Gasteiger charge is 2.15. The zero-order valence-electron chi connectivity index (χ0n) is 10.5. The molecule has 5 heteroatoms. The topological polar surface area (TPSA) is 66.8 Å². The highest BCUT2D eigenvalue weighted by atomic mass is 79.9. The lowest BCUT2D eigenvalue weighted by molar-refractivity contribution is 0.0689. The maximum absolute atomic E-state index is 11.2. The van der Waals surface area contributed by atoms with Crippen molar-refractivity contribution in [2.75, 3.05) is 6.61 Å². The van der Waals surface area contributed by atoms with Crippen LogP contribution in [-0.4, -0.2) is 27.8 Å². The lowest BCUT2D eigenvalue weighted by Crippen LogP contribution is -2.14. The van der Waals surface area contributed by atoms with Crippen molar-refractivity contribution in [3.63, 3.8) is 0 Å². The van der Waals surface area contributed by atoms with Crippen LogP contribution in [0.25, 0.3) is 11.1 Å². The Balaban J connectivity index is 2.43. The van der Waals surface area contributed by atoms with E-state index in [0.717, 1.165) is 11.1 Å². The highest BCUT2D eigenvalue weighted by Crippen LogP contribution is 2.28. The first kappa shape index (κ1) is 14.6. The van der Waals surface area contributed by atoms with Crippen molar-refractivity contribution in [2.45, 2.75) is 5.01 Å². The van der Waals surface area contributed by atoms with Gasteiger partial charge in [0.05, 0.1) is 6.61 Å². The van der Waals surface area contributed by atoms with Gasteiger partial charge in [-0.15, -0.1) is 0 Å². The molecule has 2 aromatic carbocycles. The van der Waals surface area contributed by atoms with Crippen LogP contribution in [-0.2, 0) is 0 Å². The summed E-state index contributed by atoms with van der Waals surface area (Å²) in [6.07, 6.45) is 0. The Morgan fingerprint density at radius 1 is 1.15 bits per heavy atom. The van der Waals surface area contributed by atoms with Gasteiger partial charge in [-0.3, -0.25) is 0 Å². The van der Waals surface area contributed by atoms with Gasteiger partial charge in [0.1, 0.15) is 11.3 Å². The van der Waals surface area contributed by atoms with E-state index < -0.39 is 11.0 Å². The fraction of sp³-hybridized carbons (Fsp3) is 0.133. The molecular formula is C15H13BrO4. The fourth-order valence-electron chi connectivity index (χ4n) is 1.78. The molecule has 0 aliphatic heterocycles. The Morgan fingerprint density at radius 2 is 1.85 bits per heavy atom. The van der Waals surface area contributed by atoms with Crippen LogP contribution in [0, 0.1) is 0 Å². The Labute approximate surface area is 124 Å². The fourth-order valence-corrected chi connectivity index (χ4v) is 1.98. The normalized spacial score (nSPS) is 11.9. The number of aliphatic hydroxyl groups is 1. The number of hydrogen-bond acceptors (Lipinski definition) is 3. The minimum absolute atomic E-state index is 0.0579. The Bertz CT molecular complexity index is 598. The summed E-state index contributed by atoms with van der Waals surface area (Å²) in [5.74, 6) is -0.855. The van der Waals surface area contributed by atoms with Gasteiger partial charge in [-0.2, -0.15) is 0 Å². The molecule has 0 aromatic heterocycles. The van der Waals surface area contributed by atoms with E-state index in [0.29, 0.717) is 0 Å². The monoisotopic (exact) mass is 336 g/mol. The second-order valence-corrected chi connectivity index (χ2v) is 5.11. The molecule has 0 saturated heterocycles. The molecule has 20 heavy (non-hydrogen) atoms. The molecule has 0 fully saturated rings. The van der Waals surface area contributed by atoms with Crippen LogP contribution in [0.5, 0.6) is 5.75 Å². The summed E-state index contributed by atoms with van der Waals surface area (Å²) in [6, 6.07) is 14.5. The van der Waals surface area contributed by atoms with Gasteiger partial charge in [-0.05, 0) is 39.2 Å². The van der Waals surface area contributed by atoms with Gasteiger partial charge >= 0.3 is 5.97 Å². The summed E-state index contributed by atoms with van der Waals surface area (Å²) in [5.41, 5.74) is 1.87. The van der Waals surface area contributed by atoms with E-state index in [4.69, 9.17) is 14.9 Å². The number of benzene rings is 2.